The average Bonchev–Trinajstić information content (AvgIpc) is 2.41. The molecule has 0 spiro atoms. The number of rotatable bonds is 3. The van der Waals surface area contributed by atoms with Crippen molar-refractivity contribution in [3.8, 4) is 11.1 Å². The second-order valence-electron chi connectivity index (χ2n) is 4.43. The van der Waals surface area contributed by atoms with Gasteiger partial charge in [-0.2, -0.15) is 13.2 Å². The van der Waals surface area contributed by atoms with E-state index in [2.05, 4.69) is 0 Å². The predicted octanol–water partition coefficient (Wildman–Crippen LogP) is 3.49. The van der Waals surface area contributed by atoms with Gasteiger partial charge in [0.25, 0.3) is 0 Å². The second kappa shape index (κ2) is 5.54. The van der Waals surface area contributed by atoms with Gasteiger partial charge in [-0.3, -0.25) is 0 Å². The van der Waals surface area contributed by atoms with Gasteiger partial charge in [0.15, 0.2) is 0 Å². The quantitative estimate of drug-likeness (QED) is 0.846. The SMILES string of the molecule is Nc1c(CCO)cccc1-c1ccc(C(F)(F)F)cc1. The van der Waals surface area contributed by atoms with Crippen molar-refractivity contribution in [1.29, 1.82) is 0 Å². The summed E-state index contributed by atoms with van der Waals surface area (Å²) in [4.78, 5) is 0. The van der Waals surface area contributed by atoms with Gasteiger partial charge < -0.3 is 10.8 Å². The molecule has 2 aromatic rings. The third-order valence-corrected chi connectivity index (χ3v) is 3.10. The Kier molecular flexibility index (Phi) is 3.99. The Balaban J connectivity index is 2.39. The lowest BCUT2D eigenvalue weighted by molar-refractivity contribution is -0.137. The molecule has 106 valence electrons. The number of anilines is 1. The highest BCUT2D eigenvalue weighted by molar-refractivity contribution is 5.78. The molecule has 2 nitrogen and oxygen atoms in total. The van der Waals surface area contributed by atoms with Crippen LogP contribution in [0.5, 0.6) is 0 Å². The highest BCUT2D eigenvalue weighted by atomic mass is 19.4. The summed E-state index contributed by atoms with van der Waals surface area (Å²) in [6.07, 6.45) is -3.93. The van der Waals surface area contributed by atoms with Crippen molar-refractivity contribution in [3.63, 3.8) is 0 Å². The summed E-state index contributed by atoms with van der Waals surface area (Å²) in [5.74, 6) is 0. The minimum atomic E-state index is -4.34. The van der Waals surface area contributed by atoms with Crippen molar-refractivity contribution in [3.05, 3.63) is 53.6 Å². The fraction of sp³-hybridized carbons (Fsp3) is 0.200. The minimum absolute atomic E-state index is 0.0271. The molecule has 0 atom stereocenters. The fourth-order valence-electron chi connectivity index (χ4n) is 2.04. The average molecular weight is 281 g/mol. The lowest BCUT2D eigenvalue weighted by Crippen LogP contribution is -2.04. The van der Waals surface area contributed by atoms with Crippen molar-refractivity contribution in [2.24, 2.45) is 0 Å². The molecule has 0 heterocycles. The summed E-state index contributed by atoms with van der Waals surface area (Å²) in [7, 11) is 0. The molecule has 0 bridgehead atoms. The van der Waals surface area contributed by atoms with Crippen LogP contribution in [-0.4, -0.2) is 11.7 Å². The van der Waals surface area contributed by atoms with Gasteiger partial charge >= 0.3 is 6.18 Å². The molecule has 0 aliphatic heterocycles. The zero-order chi connectivity index (χ0) is 14.8. The van der Waals surface area contributed by atoms with Crippen LogP contribution >= 0.6 is 0 Å². The number of nitrogens with two attached hydrogens (primary N) is 1. The Morgan fingerprint density at radius 2 is 1.65 bits per heavy atom. The topological polar surface area (TPSA) is 46.2 Å². The lowest BCUT2D eigenvalue weighted by atomic mass is 9.98. The summed E-state index contributed by atoms with van der Waals surface area (Å²) in [5, 5.41) is 8.95. The summed E-state index contributed by atoms with van der Waals surface area (Å²) in [6.45, 7) is -0.0271. The Bertz CT molecular complexity index is 591. The maximum atomic E-state index is 12.5. The Labute approximate surface area is 114 Å². The number of aliphatic hydroxyl groups is 1. The molecule has 0 aliphatic rings. The largest absolute Gasteiger partial charge is 0.416 e. The number of alkyl halides is 3. The number of halogens is 3. The molecule has 0 aliphatic carbocycles. The standard InChI is InChI=1S/C15H14F3NO/c16-15(17,18)12-6-4-10(5-7-12)13-3-1-2-11(8-9-20)14(13)19/h1-7,20H,8-9,19H2. The van der Waals surface area contributed by atoms with E-state index in [9.17, 15) is 13.2 Å². The maximum Gasteiger partial charge on any atom is 0.416 e. The van der Waals surface area contributed by atoms with Crippen LogP contribution in [0, 0.1) is 0 Å². The van der Waals surface area contributed by atoms with E-state index in [-0.39, 0.29) is 6.61 Å². The van der Waals surface area contributed by atoms with Crippen molar-refractivity contribution >= 4 is 5.69 Å². The van der Waals surface area contributed by atoms with Gasteiger partial charge in [0, 0.05) is 17.9 Å². The molecule has 0 fully saturated rings. The number of hydrogen-bond donors (Lipinski definition) is 2. The predicted molar refractivity (Wildman–Crippen MR) is 72.1 cm³/mol. The first-order valence-electron chi connectivity index (χ1n) is 6.09. The summed E-state index contributed by atoms with van der Waals surface area (Å²) in [6, 6.07) is 10.2. The molecular formula is C15H14F3NO. The fourth-order valence-corrected chi connectivity index (χ4v) is 2.04. The molecule has 2 rings (SSSR count). The lowest BCUT2D eigenvalue weighted by Gasteiger charge is -2.12. The van der Waals surface area contributed by atoms with E-state index in [1.807, 2.05) is 0 Å². The maximum absolute atomic E-state index is 12.5. The van der Waals surface area contributed by atoms with Crippen LogP contribution in [0.15, 0.2) is 42.5 Å². The first kappa shape index (κ1) is 14.4. The van der Waals surface area contributed by atoms with Gasteiger partial charge in [0.2, 0.25) is 0 Å². The van der Waals surface area contributed by atoms with Crippen molar-refractivity contribution < 1.29 is 18.3 Å². The van der Waals surface area contributed by atoms with Gasteiger partial charge in [-0.25, -0.2) is 0 Å². The van der Waals surface area contributed by atoms with Gasteiger partial charge in [0.1, 0.15) is 0 Å². The highest BCUT2D eigenvalue weighted by Crippen LogP contribution is 2.33. The van der Waals surface area contributed by atoms with Gasteiger partial charge in [0.05, 0.1) is 5.56 Å². The molecule has 2 aromatic carbocycles. The van der Waals surface area contributed by atoms with Crippen LogP contribution in [0.1, 0.15) is 11.1 Å². The number of nitrogen functional groups attached to an aromatic ring is 1. The second-order valence-corrected chi connectivity index (χ2v) is 4.43. The molecule has 3 N–H and O–H groups in total. The Hall–Kier alpha value is -2.01. The molecular weight excluding hydrogens is 267 g/mol. The van der Waals surface area contributed by atoms with E-state index in [1.165, 1.54) is 12.1 Å². The summed E-state index contributed by atoms with van der Waals surface area (Å²) >= 11 is 0. The highest BCUT2D eigenvalue weighted by Gasteiger charge is 2.30. The number of para-hydroxylation sites is 1. The van der Waals surface area contributed by atoms with Gasteiger partial charge in [-0.1, -0.05) is 30.3 Å². The number of aliphatic hydroxyl groups excluding tert-OH is 1. The Morgan fingerprint density at radius 3 is 2.20 bits per heavy atom. The van der Waals surface area contributed by atoms with Gasteiger partial charge in [-0.15, -0.1) is 0 Å². The van der Waals surface area contributed by atoms with E-state index >= 15 is 0 Å². The first-order valence-corrected chi connectivity index (χ1v) is 6.09. The Morgan fingerprint density at radius 1 is 1.00 bits per heavy atom. The van der Waals surface area contributed by atoms with Crippen LogP contribution < -0.4 is 5.73 Å². The number of benzene rings is 2. The smallest absolute Gasteiger partial charge is 0.398 e. The van der Waals surface area contributed by atoms with Crippen LogP contribution in [0.2, 0.25) is 0 Å². The van der Waals surface area contributed by atoms with Crippen LogP contribution in [-0.2, 0) is 12.6 Å². The third-order valence-electron chi connectivity index (χ3n) is 3.10. The zero-order valence-corrected chi connectivity index (χ0v) is 10.6. The zero-order valence-electron chi connectivity index (χ0n) is 10.6. The van der Waals surface area contributed by atoms with E-state index in [0.717, 1.165) is 17.7 Å². The van der Waals surface area contributed by atoms with Crippen LogP contribution in [0.25, 0.3) is 11.1 Å². The van der Waals surface area contributed by atoms with Crippen LogP contribution in [0.4, 0.5) is 18.9 Å². The molecule has 0 aromatic heterocycles. The molecule has 0 saturated heterocycles. The normalized spacial score (nSPS) is 11.6. The van der Waals surface area contributed by atoms with Crippen LogP contribution in [0.3, 0.4) is 0 Å². The van der Waals surface area contributed by atoms with Crippen molar-refractivity contribution in [2.75, 3.05) is 12.3 Å². The minimum Gasteiger partial charge on any atom is -0.398 e. The van der Waals surface area contributed by atoms with E-state index in [1.54, 1.807) is 18.2 Å². The molecule has 5 heteroatoms. The van der Waals surface area contributed by atoms with Crippen molar-refractivity contribution in [2.45, 2.75) is 12.6 Å². The monoisotopic (exact) mass is 281 g/mol. The molecule has 0 saturated carbocycles. The van der Waals surface area contributed by atoms with E-state index < -0.39 is 11.7 Å². The molecule has 0 radical (unpaired) electrons. The van der Waals surface area contributed by atoms with E-state index in [0.29, 0.717) is 23.2 Å². The van der Waals surface area contributed by atoms with Crippen molar-refractivity contribution in [1.82, 2.24) is 0 Å². The first-order chi connectivity index (χ1) is 9.43. The van der Waals surface area contributed by atoms with E-state index in [4.69, 9.17) is 10.8 Å². The summed E-state index contributed by atoms with van der Waals surface area (Å²) in [5.41, 5.74) is 7.86. The van der Waals surface area contributed by atoms with Gasteiger partial charge in [-0.05, 0) is 29.7 Å². The molecule has 20 heavy (non-hydrogen) atoms. The third kappa shape index (κ3) is 2.93. The molecule has 0 unspecified atom stereocenters. The molecule has 0 amide bonds. The number of hydrogen-bond acceptors (Lipinski definition) is 2. The summed E-state index contributed by atoms with van der Waals surface area (Å²) < 4.78 is 37.5.